The lowest BCUT2D eigenvalue weighted by Crippen LogP contribution is -2.28. The third-order valence-corrected chi connectivity index (χ3v) is 6.69. The van der Waals surface area contributed by atoms with Gasteiger partial charge >= 0.3 is 0 Å². The van der Waals surface area contributed by atoms with Gasteiger partial charge in [-0.15, -0.1) is 0 Å². The van der Waals surface area contributed by atoms with Crippen LogP contribution in [-0.4, -0.2) is 14.3 Å². The predicted octanol–water partition coefficient (Wildman–Crippen LogP) is 5.64. The number of hydrogen-bond acceptors (Lipinski definition) is 3. The summed E-state index contributed by atoms with van der Waals surface area (Å²) in [5.41, 5.74) is 3.71. The molecule has 3 aromatic carbocycles. The van der Waals surface area contributed by atoms with Crippen LogP contribution in [0.1, 0.15) is 46.4 Å². The Morgan fingerprint density at radius 2 is 1.52 bits per heavy atom. The molecule has 0 radical (unpaired) electrons. The molecular formula is C24H25ClN2O3S. The van der Waals surface area contributed by atoms with Crippen LogP contribution in [-0.2, 0) is 10.0 Å². The number of anilines is 1. The topological polar surface area (TPSA) is 75.3 Å². The Morgan fingerprint density at radius 1 is 0.935 bits per heavy atom. The van der Waals surface area contributed by atoms with Gasteiger partial charge in [0.15, 0.2) is 0 Å². The fourth-order valence-corrected chi connectivity index (χ4v) is 4.49. The summed E-state index contributed by atoms with van der Waals surface area (Å²) in [6.45, 7) is 5.90. The number of rotatable bonds is 7. The second kappa shape index (κ2) is 9.54. The van der Waals surface area contributed by atoms with Crippen LogP contribution in [0.2, 0.25) is 5.02 Å². The Morgan fingerprint density at radius 3 is 2.06 bits per heavy atom. The molecule has 3 aromatic rings. The first-order chi connectivity index (χ1) is 14.7. The minimum Gasteiger partial charge on any atom is -0.345 e. The molecule has 0 aliphatic carbocycles. The van der Waals surface area contributed by atoms with Gasteiger partial charge in [0.2, 0.25) is 0 Å². The molecule has 1 amide bonds. The third kappa shape index (κ3) is 5.66. The summed E-state index contributed by atoms with van der Waals surface area (Å²) in [5.74, 6) is -0.276. The van der Waals surface area contributed by atoms with Gasteiger partial charge in [0.1, 0.15) is 0 Å². The molecule has 0 spiro atoms. The molecule has 5 nitrogen and oxygen atoms in total. The summed E-state index contributed by atoms with van der Waals surface area (Å²) in [6.07, 6.45) is 0.733. The lowest BCUT2D eigenvalue weighted by Gasteiger charge is -2.18. The average Bonchev–Trinajstić information content (AvgIpc) is 2.74. The van der Waals surface area contributed by atoms with E-state index in [0.717, 1.165) is 23.1 Å². The zero-order valence-electron chi connectivity index (χ0n) is 17.6. The zero-order valence-corrected chi connectivity index (χ0v) is 19.2. The van der Waals surface area contributed by atoms with Crippen molar-refractivity contribution in [3.8, 4) is 0 Å². The van der Waals surface area contributed by atoms with Crippen LogP contribution in [0.15, 0.2) is 71.6 Å². The van der Waals surface area contributed by atoms with Crippen molar-refractivity contribution in [2.75, 3.05) is 4.72 Å². The number of sulfonamides is 1. The van der Waals surface area contributed by atoms with Crippen molar-refractivity contribution in [1.29, 1.82) is 0 Å². The van der Waals surface area contributed by atoms with Gasteiger partial charge in [0.25, 0.3) is 15.9 Å². The van der Waals surface area contributed by atoms with Crippen molar-refractivity contribution in [1.82, 2.24) is 5.32 Å². The van der Waals surface area contributed by atoms with Gasteiger partial charge in [0.05, 0.1) is 21.6 Å². The van der Waals surface area contributed by atoms with E-state index in [1.165, 1.54) is 24.3 Å². The van der Waals surface area contributed by atoms with Gasteiger partial charge in [-0.2, -0.15) is 0 Å². The fraction of sp³-hybridized carbons (Fsp3) is 0.208. The van der Waals surface area contributed by atoms with E-state index in [1.807, 2.05) is 45.0 Å². The minimum absolute atomic E-state index is 0.133. The Kier molecular flexibility index (Phi) is 7.03. The minimum atomic E-state index is -3.78. The highest BCUT2D eigenvalue weighted by Gasteiger charge is 2.18. The normalized spacial score (nSPS) is 12.3. The summed E-state index contributed by atoms with van der Waals surface area (Å²) in [4.78, 5) is 12.9. The molecule has 0 bridgehead atoms. The molecule has 0 saturated carbocycles. The van der Waals surface area contributed by atoms with Crippen LogP contribution < -0.4 is 10.0 Å². The molecule has 0 aliphatic heterocycles. The first-order valence-corrected chi connectivity index (χ1v) is 11.8. The van der Waals surface area contributed by atoms with Crippen molar-refractivity contribution in [2.24, 2.45) is 0 Å². The SMILES string of the molecule is CC[C@H](NC(=O)c1ccc(NS(=O)(=O)c2ccc(C)cc2)c(Cl)c1)c1ccc(C)cc1. The molecule has 31 heavy (non-hydrogen) atoms. The van der Waals surface area contributed by atoms with Crippen LogP contribution in [0.4, 0.5) is 5.69 Å². The van der Waals surface area contributed by atoms with E-state index in [4.69, 9.17) is 11.6 Å². The number of aryl methyl sites for hydroxylation is 2. The van der Waals surface area contributed by atoms with Gasteiger partial charge in [-0.25, -0.2) is 8.42 Å². The lowest BCUT2D eigenvalue weighted by molar-refractivity contribution is 0.0935. The van der Waals surface area contributed by atoms with Crippen LogP contribution >= 0.6 is 11.6 Å². The summed E-state index contributed by atoms with van der Waals surface area (Å²) >= 11 is 6.29. The zero-order chi connectivity index (χ0) is 22.6. The van der Waals surface area contributed by atoms with Crippen LogP contribution in [0.25, 0.3) is 0 Å². The van der Waals surface area contributed by atoms with Crippen molar-refractivity contribution in [3.63, 3.8) is 0 Å². The van der Waals surface area contributed by atoms with Crippen molar-refractivity contribution < 1.29 is 13.2 Å². The molecule has 0 aromatic heterocycles. The van der Waals surface area contributed by atoms with Gasteiger partial charge < -0.3 is 5.32 Å². The summed E-state index contributed by atoms with van der Waals surface area (Å²) < 4.78 is 27.7. The molecule has 7 heteroatoms. The summed E-state index contributed by atoms with van der Waals surface area (Å²) in [6, 6.07) is 18.9. The summed E-state index contributed by atoms with van der Waals surface area (Å²) in [7, 11) is -3.78. The number of amides is 1. The molecule has 0 unspecified atom stereocenters. The Labute approximate surface area is 188 Å². The summed E-state index contributed by atoms with van der Waals surface area (Å²) in [5, 5.41) is 3.15. The van der Waals surface area contributed by atoms with Crippen LogP contribution in [0, 0.1) is 13.8 Å². The number of hydrogen-bond donors (Lipinski definition) is 2. The largest absolute Gasteiger partial charge is 0.345 e. The van der Waals surface area contributed by atoms with E-state index in [9.17, 15) is 13.2 Å². The maximum atomic E-state index is 12.7. The van der Waals surface area contributed by atoms with Crippen LogP contribution in [0.3, 0.4) is 0 Å². The standard InChI is InChI=1S/C24H25ClN2O3S/c1-4-22(18-9-5-16(2)6-10-18)26-24(28)19-11-14-23(21(25)15-19)27-31(29,30)20-12-7-17(3)8-13-20/h5-15,22,27H,4H2,1-3H3,(H,26,28)/t22-/m0/s1. The van der Waals surface area contributed by atoms with E-state index in [2.05, 4.69) is 10.0 Å². The first-order valence-electron chi connectivity index (χ1n) is 9.96. The van der Waals surface area contributed by atoms with Crippen LogP contribution in [0.5, 0.6) is 0 Å². The molecule has 162 valence electrons. The maximum Gasteiger partial charge on any atom is 0.261 e. The molecule has 0 saturated heterocycles. The van der Waals surface area contributed by atoms with Gasteiger partial charge in [-0.3, -0.25) is 9.52 Å². The van der Waals surface area contributed by atoms with E-state index in [-0.39, 0.29) is 27.6 Å². The molecule has 0 aliphatic rings. The smallest absolute Gasteiger partial charge is 0.261 e. The molecule has 2 N–H and O–H groups in total. The Hall–Kier alpha value is -2.83. The quantitative estimate of drug-likeness (QED) is 0.483. The highest BCUT2D eigenvalue weighted by Crippen LogP contribution is 2.27. The van der Waals surface area contributed by atoms with Gasteiger partial charge in [-0.1, -0.05) is 66.0 Å². The predicted molar refractivity (Wildman–Crippen MR) is 125 cm³/mol. The van der Waals surface area contributed by atoms with Crippen molar-refractivity contribution >= 4 is 33.2 Å². The third-order valence-electron chi connectivity index (χ3n) is 5.00. The second-order valence-corrected chi connectivity index (χ2v) is 9.55. The number of benzene rings is 3. The lowest BCUT2D eigenvalue weighted by atomic mass is 10.0. The van der Waals surface area contributed by atoms with Gasteiger partial charge in [-0.05, 0) is 56.2 Å². The van der Waals surface area contributed by atoms with Crippen molar-refractivity contribution in [3.05, 3.63) is 94.0 Å². The highest BCUT2D eigenvalue weighted by molar-refractivity contribution is 7.92. The molecule has 0 heterocycles. The van der Waals surface area contributed by atoms with Gasteiger partial charge in [0, 0.05) is 5.56 Å². The number of nitrogens with one attached hydrogen (secondary N) is 2. The second-order valence-electron chi connectivity index (χ2n) is 7.46. The highest BCUT2D eigenvalue weighted by atomic mass is 35.5. The van der Waals surface area contributed by atoms with E-state index in [0.29, 0.717) is 5.56 Å². The van der Waals surface area contributed by atoms with E-state index < -0.39 is 10.0 Å². The number of carbonyl (C=O) groups is 1. The average molecular weight is 457 g/mol. The molecule has 0 fully saturated rings. The molecule has 1 atom stereocenters. The fourth-order valence-electron chi connectivity index (χ4n) is 3.12. The van der Waals surface area contributed by atoms with E-state index in [1.54, 1.807) is 18.2 Å². The number of halogens is 1. The van der Waals surface area contributed by atoms with Crippen molar-refractivity contribution in [2.45, 2.75) is 38.1 Å². The molecular weight excluding hydrogens is 432 g/mol. The van der Waals surface area contributed by atoms with E-state index >= 15 is 0 Å². The monoisotopic (exact) mass is 456 g/mol. The maximum absolute atomic E-state index is 12.7. The Bertz CT molecular complexity index is 1170. The molecule has 3 rings (SSSR count). The Balaban J connectivity index is 1.75. The number of carbonyl (C=O) groups excluding carboxylic acids is 1. The first kappa shape index (κ1) is 22.8.